The van der Waals surface area contributed by atoms with Crippen molar-refractivity contribution in [1.29, 1.82) is 0 Å². The van der Waals surface area contributed by atoms with Crippen LogP contribution in [-0.4, -0.2) is 30.5 Å². The number of amides is 1. The van der Waals surface area contributed by atoms with Crippen LogP contribution in [0.4, 0.5) is 0 Å². The molecule has 2 aromatic rings. The van der Waals surface area contributed by atoms with Crippen molar-refractivity contribution in [3.05, 3.63) is 53.6 Å². The second kappa shape index (κ2) is 7.05. The Kier molecular flexibility index (Phi) is 4.86. The summed E-state index contributed by atoms with van der Waals surface area (Å²) in [5.41, 5.74) is 10.3. The van der Waals surface area contributed by atoms with Gasteiger partial charge < -0.3 is 15.4 Å². The van der Waals surface area contributed by atoms with E-state index >= 15 is 0 Å². The molecule has 3 rings (SSSR count). The monoisotopic (exact) mass is 324 g/mol. The first-order valence-electron chi connectivity index (χ1n) is 8.36. The fraction of sp³-hybridized carbons (Fsp3) is 0.350. The van der Waals surface area contributed by atoms with Gasteiger partial charge in [-0.2, -0.15) is 0 Å². The van der Waals surface area contributed by atoms with Crippen LogP contribution in [0.5, 0.6) is 5.75 Å². The number of methoxy groups -OCH3 is 1. The fourth-order valence-electron chi connectivity index (χ4n) is 3.34. The van der Waals surface area contributed by atoms with Gasteiger partial charge in [-0.25, -0.2) is 0 Å². The molecule has 2 aromatic carbocycles. The molecule has 1 heterocycles. The van der Waals surface area contributed by atoms with Crippen molar-refractivity contribution < 1.29 is 9.53 Å². The third kappa shape index (κ3) is 3.29. The molecule has 2 N–H and O–H groups in total. The van der Waals surface area contributed by atoms with E-state index in [1.54, 1.807) is 7.11 Å². The topological polar surface area (TPSA) is 55.6 Å². The summed E-state index contributed by atoms with van der Waals surface area (Å²) in [4.78, 5) is 14.0. The van der Waals surface area contributed by atoms with E-state index in [4.69, 9.17) is 10.5 Å². The fourth-order valence-corrected chi connectivity index (χ4v) is 3.34. The third-order valence-corrected chi connectivity index (χ3v) is 4.67. The summed E-state index contributed by atoms with van der Waals surface area (Å²) in [5, 5.41) is 0. The lowest BCUT2D eigenvalue weighted by Gasteiger charge is -2.24. The second-order valence-corrected chi connectivity index (χ2v) is 6.35. The summed E-state index contributed by atoms with van der Waals surface area (Å²) < 4.78 is 5.53. The molecule has 126 valence electrons. The number of hydrogen-bond donors (Lipinski definition) is 1. The minimum atomic E-state index is 0.155. The molecule has 24 heavy (non-hydrogen) atoms. The Balaban J connectivity index is 1.93. The van der Waals surface area contributed by atoms with Crippen LogP contribution >= 0.6 is 0 Å². The van der Waals surface area contributed by atoms with E-state index in [1.165, 1.54) is 5.56 Å². The molecule has 0 bridgehead atoms. The highest BCUT2D eigenvalue weighted by Gasteiger charge is 2.29. The maximum atomic E-state index is 12.1. The highest BCUT2D eigenvalue weighted by Crippen LogP contribution is 2.32. The Bertz CT molecular complexity index is 742. The Morgan fingerprint density at radius 1 is 1.25 bits per heavy atom. The van der Waals surface area contributed by atoms with E-state index in [-0.39, 0.29) is 11.9 Å². The first kappa shape index (κ1) is 16.5. The summed E-state index contributed by atoms with van der Waals surface area (Å²) in [7, 11) is 1.68. The zero-order valence-electron chi connectivity index (χ0n) is 14.3. The summed E-state index contributed by atoms with van der Waals surface area (Å²) in [5.74, 6) is 1.03. The van der Waals surface area contributed by atoms with Crippen molar-refractivity contribution in [2.45, 2.75) is 32.4 Å². The van der Waals surface area contributed by atoms with Crippen LogP contribution in [0.25, 0.3) is 11.1 Å². The van der Waals surface area contributed by atoms with Gasteiger partial charge in [-0.1, -0.05) is 35.9 Å². The molecular formula is C20H24N2O2. The summed E-state index contributed by atoms with van der Waals surface area (Å²) in [6, 6.07) is 14.6. The average Bonchev–Trinajstić information content (AvgIpc) is 2.95. The molecule has 1 fully saturated rings. The summed E-state index contributed by atoms with van der Waals surface area (Å²) in [6.07, 6.45) is 1.46. The van der Waals surface area contributed by atoms with E-state index in [1.807, 2.05) is 23.1 Å². The first-order chi connectivity index (χ1) is 11.6. The maximum absolute atomic E-state index is 12.1. The molecule has 0 radical (unpaired) electrons. The van der Waals surface area contributed by atoms with E-state index in [0.29, 0.717) is 19.5 Å². The van der Waals surface area contributed by atoms with E-state index in [0.717, 1.165) is 28.9 Å². The van der Waals surface area contributed by atoms with Gasteiger partial charge in [0.05, 0.1) is 7.11 Å². The number of carbonyl (C=O) groups excluding carboxylic acids is 1. The molecule has 0 saturated carbocycles. The predicted octanol–water partition coefficient (Wildman–Crippen LogP) is 3.12. The number of nitrogens with zero attached hydrogens (tertiary/aromatic N) is 1. The minimum Gasteiger partial charge on any atom is -0.496 e. The van der Waals surface area contributed by atoms with Crippen LogP contribution in [0.3, 0.4) is 0 Å². The van der Waals surface area contributed by atoms with Crippen molar-refractivity contribution in [2.75, 3.05) is 13.7 Å². The smallest absolute Gasteiger partial charge is 0.223 e. The van der Waals surface area contributed by atoms with E-state index < -0.39 is 0 Å². The number of likely N-dealkylation sites (tertiary alicyclic amines) is 1. The largest absolute Gasteiger partial charge is 0.496 e. The molecule has 1 aliphatic rings. The summed E-state index contributed by atoms with van der Waals surface area (Å²) in [6.45, 7) is 3.20. The Hall–Kier alpha value is -2.33. The number of aryl methyl sites for hydroxylation is 1. The highest BCUT2D eigenvalue weighted by molar-refractivity contribution is 5.79. The molecule has 0 unspecified atom stereocenters. The number of nitrogens with two attached hydrogens (primary N) is 1. The first-order valence-corrected chi connectivity index (χ1v) is 8.36. The van der Waals surface area contributed by atoms with Gasteiger partial charge in [0, 0.05) is 31.1 Å². The Morgan fingerprint density at radius 3 is 2.79 bits per heavy atom. The van der Waals surface area contributed by atoms with Crippen molar-refractivity contribution >= 4 is 5.91 Å². The van der Waals surface area contributed by atoms with Gasteiger partial charge in [0.15, 0.2) is 0 Å². The van der Waals surface area contributed by atoms with Gasteiger partial charge in [0.2, 0.25) is 5.91 Å². The Labute approximate surface area is 143 Å². The molecule has 0 spiro atoms. The number of benzene rings is 2. The van der Waals surface area contributed by atoms with Crippen LogP contribution in [0.2, 0.25) is 0 Å². The molecule has 1 amide bonds. The van der Waals surface area contributed by atoms with Crippen molar-refractivity contribution in [2.24, 2.45) is 5.73 Å². The van der Waals surface area contributed by atoms with E-state index in [2.05, 4.69) is 31.2 Å². The SMILES string of the molecule is COc1ccc(CN2C(=O)CC[C@@H]2CN)cc1-c1cccc(C)c1. The van der Waals surface area contributed by atoms with Crippen LogP contribution in [0.1, 0.15) is 24.0 Å². The zero-order chi connectivity index (χ0) is 17.1. The van der Waals surface area contributed by atoms with Gasteiger partial charge in [-0.15, -0.1) is 0 Å². The molecule has 0 aliphatic carbocycles. The molecule has 1 aliphatic heterocycles. The predicted molar refractivity (Wildman–Crippen MR) is 95.8 cm³/mol. The zero-order valence-corrected chi connectivity index (χ0v) is 14.3. The van der Waals surface area contributed by atoms with Crippen molar-refractivity contribution in [1.82, 2.24) is 4.90 Å². The van der Waals surface area contributed by atoms with Gasteiger partial charge >= 0.3 is 0 Å². The van der Waals surface area contributed by atoms with Crippen molar-refractivity contribution in [3.8, 4) is 16.9 Å². The van der Waals surface area contributed by atoms with Gasteiger partial charge in [0.1, 0.15) is 5.75 Å². The molecule has 1 atom stereocenters. The normalized spacial score (nSPS) is 17.4. The van der Waals surface area contributed by atoms with Crippen LogP contribution in [0, 0.1) is 6.92 Å². The van der Waals surface area contributed by atoms with Crippen LogP contribution in [-0.2, 0) is 11.3 Å². The second-order valence-electron chi connectivity index (χ2n) is 6.35. The molecule has 4 nitrogen and oxygen atoms in total. The number of hydrogen-bond acceptors (Lipinski definition) is 3. The minimum absolute atomic E-state index is 0.155. The maximum Gasteiger partial charge on any atom is 0.223 e. The lowest BCUT2D eigenvalue weighted by molar-refractivity contribution is -0.129. The van der Waals surface area contributed by atoms with Crippen molar-refractivity contribution in [3.63, 3.8) is 0 Å². The lowest BCUT2D eigenvalue weighted by Crippen LogP contribution is -2.37. The molecular weight excluding hydrogens is 300 g/mol. The lowest BCUT2D eigenvalue weighted by atomic mass is 10.00. The van der Waals surface area contributed by atoms with E-state index in [9.17, 15) is 4.79 Å². The quantitative estimate of drug-likeness (QED) is 0.919. The average molecular weight is 324 g/mol. The van der Waals surface area contributed by atoms with Gasteiger partial charge in [-0.3, -0.25) is 4.79 Å². The van der Waals surface area contributed by atoms with Crippen LogP contribution < -0.4 is 10.5 Å². The summed E-state index contributed by atoms with van der Waals surface area (Å²) >= 11 is 0. The molecule has 1 saturated heterocycles. The molecule has 4 heteroatoms. The molecule has 0 aromatic heterocycles. The standard InChI is InChI=1S/C20H24N2O2/c1-14-4-3-5-16(10-14)18-11-15(6-8-19(18)24-2)13-22-17(12-21)7-9-20(22)23/h3-6,8,10-11,17H,7,9,12-13,21H2,1-2H3/t17-/m1/s1. The number of ether oxygens (including phenoxy) is 1. The number of rotatable bonds is 5. The van der Waals surface area contributed by atoms with Crippen LogP contribution in [0.15, 0.2) is 42.5 Å². The van der Waals surface area contributed by atoms with Gasteiger partial charge in [-0.05, 0) is 36.6 Å². The highest BCUT2D eigenvalue weighted by atomic mass is 16.5. The number of carbonyl (C=O) groups is 1. The third-order valence-electron chi connectivity index (χ3n) is 4.67. The van der Waals surface area contributed by atoms with Gasteiger partial charge in [0.25, 0.3) is 0 Å². The Morgan fingerprint density at radius 2 is 2.08 bits per heavy atom.